The highest BCUT2D eigenvalue weighted by atomic mass is 16.3. The minimum Gasteiger partial charge on any atom is -0.401 e. The lowest BCUT2D eigenvalue weighted by Crippen LogP contribution is -2.68. The third kappa shape index (κ3) is 3.64. The number of fused-ring (bicyclic) bond motifs is 1. The third-order valence-electron chi connectivity index (χ3n) is 10.2. The van der Waals surface area contributed by atoms with Gasteiger partial charge < -0.3 is 26.1 Å². The van der Waals surface area contributed by atoms with Gasteiger partial charge in [0.15, 0.2) is 5.78 Å². The summed E-state index contributed by atoms with van der Waals surface area (Å²) in [6, 6.07) is -0.865. The molecule has 0 aromatic heterocycles. The van der Waals surface area contributed by atoms with Gasteiger partial charge in [-0.25, -0.2) is 5.84 Å². The number of nitrogens with zero attached hydrogens (tertiary/aromatic N) is 1. The number of aliphatic hydroxyl groups is 3. The van der Waals surface area contributed by atoms with Crippen molar-refractivity contribution in [3.63, 3.8) is 0 Å². The van der Waals surface area contributed by atoms with Gasteiger partial charge in [-0.15, -0.1) is 0 Å². The van der Waals surface area contributed by atoms with Gasteiger partial charge in [0.05, 0.1) is 18.1 Å². The van der Waals surface area contributed by atoms with Crippen molar-refractivity contribution < 1.29 is 20.1 Å². The van der Waals surface area contributed by atoms with E-state index in [9.17, 15) is 20.1 Å². The van der Waals surface area contributed by atoms with Gasteiger partial charge in [-0.3, -0.25) is 4.79 Å². The lowest BCUT2D eigenvalue weighted by Gasteiger charge is -2.50. The first-order valence-corrected chi connectivity index (χ1v) is 13.3. The van der Waals surface area contributed by atoms with Crippen LogP contribution in [0.3, 0.4) is 0 Å². The van der Waals surface area contributed by atoms with Crippen LogP contribution in [0.25, 0.3) is 0 Å². The zero-order chi connectivity index (χ0) is 25.9. The molecule has 2 saturated carbocycles. The van der Waals surface area contributed by atoms with Crippen molar-refractivity contribution in [2.75, 3.05) is 6.61 Å². The highest BCUT2D eigenvalue weighted by Crippen LogP contribution is 2.62. The number of hydrogen-bond donors (Lipinski definition) is 5. The molecule has 2 fully saturated rings. The normalized spacial score (nSPS) is 42.0. The number of hydrazine groups is 1. The Labute approximate surface area is 209 Å². The van der Waals surface area contributed by atoms with Gasteiger partial charge in [-0.1, -0.05) is 59.1 Å². The van der Waals surface area contributed by atoms with E-state index in [2.05, 4.69) is 20.8 Å². The largest absolute Gasteiger partial charge is 0.401 e. The Bertz CT molecular complexity index is 950. The molecule has 7 nitrogen and oxygen atoms in total. The first kappa shape index (κ1) is 26.4. The van der Waals surface area contributed by atoms with Crippen molar-refractivity contribution in [3.05, 3.63) is 35.2 Å². The summed E-state index contributed by atoms with van der Waals surface area (Å²) in [5, 5.41) is 36.0. The van der Waals surface area contributed by atoms with E-state index in [-0.39, 0.29) is 29.1 Å². The van der Waals surface area contributed by atoms with Gasteiger partial charge in [0.1, 0.15) is 11.7 Å². The smallest absolute Gasteiger partial charge is 0.153 e. The number of allylic oxidation sites excluding steroid dienone is 2. The fourth-order valence-corrected chi connectivity index (χ4v) is 7.74. The van der Waals surface area contributed by atoms with Crippen LogP contribution in [0.4, 0.5) is 0 Å². The molecule has 0 radical (unpaired) electrons. The van der Waals surface area contributed by atoms with Crippen molar-refractivity contribution in [2.24, 2.45) is 46.1 Å². The summed E-state index contributed by atoms with van der Waals surface area (Å²) in [6.45, 7) is 9.69. The molecule has 0 saturated heterocycles. The molecule has 7 N–H and O–H groups in total. The van der Waals surface area contributed by atoms with Gasteiger partial charge in [0.25, 0.3) is 0 Å². The van der Waals surface area contributed by atoms with E-state index >= 15 is 0 Å². The van der Waals surface area contributed by atoms with Gasteiger partial charge in [0.2, 0.25) is 0 Å². The number of carbonyl (C=O) groups is 1. The molecule has 6 unspecified atom stereocenters. The molecule has 4 aliphatic carbocycles. The number of nitrogens with two attached hydrogens (primary N) is 2. The lowest BCUT2D eigenvalue weighted by atomic mass is 9.59. The molecular formula is C28H45N3O4. The first-order valence-electron chi connectivity index (χ1n) is 13.3. The van der Waals surface area contributed by atoms with Crippen LogP contribution in [-0.2, 0) is 4.79 Å². The van der Waals surface area contributed by atoms with Crippen molar-refractivity contribution in [1.29, 1.82) is 0 Å². The summed E-state index contributed by atoms with van der Waals surface area (Å²) in [5.74, 6) is 6.14. The van der Waals surface area contributed by atoms with E-state index in [1.165, 1.54) is 11.4 Å². The molecule has 35 heavy (non-hydrogen) atoms. The second-order valence-corrected chi connectivity index (χ2v) is 12.4. The molecule has 1 spiro atoms. The van der Waals surface area contributed by atoms with Crippen LogP contribution >= 0.6 is 0 Å². The lowest BCUT2D eigenvalue weighted by molar-refractivity contribution is -0.177. The Hall–Kier alpha value is -1.67. The SMILES string of the molecule is CC1=CC23C(=O)C(C=C(CO)C(O)C2(O)C1N(N)/C=C(\N)C1CCCCC1)C(C)(C)C(C)C[C@H]3C. The van der Waals surface area contributed by atoms with Crippen molar-refractivity contribution in [3.8, 4) is 0 Å². The number of Topliss-reactive ketones (excluding diaryl/α,β-unsaturated/α-hetero) is 1. The minimum atomic E-state index is -1.95. The maximum absolute atomic E-state index is 14.5. The van der Waals surface area contributed by atoms with Gasteiger partial charge >= 0.3 is 0 Å². The van der Waals surface area contributed by atoms with Crippen LogP contribution in [0.5, 0.6) is 0 Å². The van der Waals surface area contributed by atoms with Crippen LogP contribution in [-0.4, -0.2) is 50.5 Å². The van der Waals surface area contributed by atoms with E-state index in [0.29, 0.717) is 12.1 Å². The van der Waals surface area contributed by atoms with E-state index < -0.39 is 41.1 Å². The van der Waals surface area contributed by atoms with Crippen LogP contribution in [0.15, 0.2) is 35.2 Å². The van der Waals surface area contributed by atoms with E-state index in [4.69, 9.17) is 11.6 Å². The molecule has 0 aliphatic heterocycles. The van der Waals surface area contributed by atoms with Crippen LogP contribution < -0.4 is 11.6 Å². The third-order valence-corrected chi connectivity index (χ3v) is 10.2. The Morgan fingerprint density at radius 2 is 1.83 bits per heavy atom. The zero-order valence-corrected chi connectivity index (χ0v) is 22.0. The molecule has 4 aliphatic rings. The topological polar surface area (TPSA) is 133 Å². The fourth-order valence-electron chi connectivity index (χ4n) is 7.74. The standard InChI is InChI=1S/C28H45N3O4/c1-16-13-27-18(3)11-17(2)26(4,5)21(25(27)34)12-20(15-32)24(33)28(27,35)23(16)31(30)14-22(29)19-9-7-6-8-10-19/h12-14,17-19,21,23-24,32-33,35H,6-11,15,29-30H2,1-5H3/b22-14-/t17?,18-,21?,23?,24?,27?,28?/m1/s1. The van der Waals surface area contributed by atoms with Crippen LogP contribution in [0.1, 0.15) is 73.1 Å². The Balaban J connectivity index is 1.87. The quantitative estimate of drug-likeness (QED) is 0.234. The molecule has 0 amide bonds. The highest BCUT2D eigenvalue weighted by molar-refractivity contribution is 5.95. The molecule has 0 aromatic carbocycles. The number of carbonyl (C=O) groups excluding carboxylic acids is 1. The van der Waals surface area contributed by atoms with Crippen molar-refractivity contribution in [2.45, 2.75) is 90.9 Å². The number of aliphatic hydroxyl groups excluding tert-OH is 2. The van der Waals surface area contributed by atoms with Crippen molar-refractivity contribution in [1.82, 2.24) is 5.01 Å². The number of rotatable bonds is 4. The van der Waals surface area contributed by atoms with Crippen molar-refractivity contribution >= 4 is 5.78 Å². The molecule has 0 aromatic rings. The minimum absolute atomic E-state index is 0.108. The van der Waals surface area contributed by atoms with E-state index in [1.807, 2.05) is 19.9 Å². The molecule has 7 atom stereocenters. The average Bonchev–Trinajstić information content (AvgIpc) is 3.01. The molecule has 196 valence electrons. The summed E-state index contributed by atoms with van der Waals surface area (Å²) < 4.78 is 0. The number of ketones is 1. The Morgan fingerprint density at radius 1 is 1.20 bits per heavy atom. The van der Waals surface area contributed by atoms with Gasteiger partial charge in [0, 0.05) is 17.8 Å². The van der Waals surface area contributed by atoms with Gasteiger partial charge in [-0.05, 0) is 60.5 Å². The molecular weight excluding hydrogens is 442 g/mol. The summed E-state index contributed by atoms with van der Waals surface area (Å²) in [6.07, 6.45) is 10.0. The maximum atomic E-state index is 14.5. The molecule has 7 heteroatoms. The summed E-state index contributed by atoms with van der Waals surface area (Å²) in [4.78, 5) is 14.5. The summed E-state index contributed by atoms with van der Waals surface area (Å²) in [5.41, 5.74) is 4.45. The van der Waals surface area contributed by atoms with E-state index in [1.54, 1.807) is 12.3 Å². The highest BCUT2D eigenvalue weighted by Gasteiger charge is 2.72. The predicted octanol–water partition coefficient (Wildman–Crippen LogP) is 2.77. The Kier molecular flexibility index (Phi) is 6.80. The van der Waals surface area contributed by atoms with Crippen LogP contribution in [0, 0.1) is 34.5 Å². The monoisotopic (exact) mass is 487 g/mol. The fraction of sp³-hybridized carbons (Fsp3) is 0.750. The summed E-state index contributed by atoms with van der Waals surface area (Å²) >= 11 is 0. The predicted molar refractivity (Wildman–Crippen MR) is 136 cm³/mol. The maximum Gasteiger partial charge on any atom is 0.153 e. The summed E-state index contributed by atoms with van der Waals surface area (Å²) in [7, 11) is 0. The van der Waals surface area contributed by atoms with Crippen LogP contribution in [0.2, 0.25) is 0 Å². The van der Waals surface area contributed by atoms with E-state index in [0.717, 1.165) is 31.3 Å². The average molecular weight is 488 g/mol. The Morgan fingerprint density at radius 3 is 2.43 bits per heavy atom. The molecule has 0 heterocycles. The molecule has 4 rings (SSSR count). The molecule has 2 bridgehead atoms. The second kappa shape index (κ2) is 9.02. The second-order valence-electron chi connectivity index (χ2n) is 12.4. The number of hydrogen-bond acceptors (Lipinski definition) is 7. The zero-order valence-electron chi connectivity index (χ0n) is 22.0. The van der Waals surface area contributed by atoms with Gasteiger partial charge in [-0.2, -0.15) is 0 Å². The first-order chi connectivity index (χ1) is 16.3.